The van der Waals surface area contributed by atoms with Gasteiger partial charge in [-0.05, 0) is 24.3 Å². The van der Waals surface area contributed by atoms with E-state index in [9.17, 15) is 9.59 Å². The van der Waals surface area contributed by atoms with Crippen LogP contribution in [-0.2, 0) is 6.54 Å². The highest BCUT2D eigenvalue weighted by Gasteiger charge is 2.35. The standard InChI is InChI=1S/C19H14N2O4/c1-24-12-8-6-11(7-9-12)20-10-15-21-16-18(23)17(22)13-4-2-3-5-14(13)19(16)25-15/h2-9,20H,10H2,1H3. The number of hydrogen-bond acceptors (Lipinski definition) is 6. The minimum atomic E-state index is -0.631. The van der Waals surface area contributed by atoms with E-state index in [0.717, 1.165) is 11.4 Å². The normalized spacial score (nSPS) is 12.5. The number of nitrogens with one attached hydrogen (secondary N) is 1. The van der Waals surface area contributed by atoms with E-state index < -0.39 is 11.6 Å². The van der Waals surface area contributed by atoms with Crippen LogP contribution in [0.3, 0.4) is 0 Å². The maximum atomic E-state index is 12.2. The second-order valence-corrected chi connectivity index (χ2v) is 5.57. The number of oxazole rings is 1. The van der Waals surface area contributed by atoms with E-state index in [1.165, 1.54) is 0 Å². The Morgan fingerprint density at radius 2 is 1.72 bits per heavy atom. The Kier molecular flexibility index (Phi) is 3.57. The molecule has 1 heterocycles. The summed E-state index contributed by atoms with van der Waals surface area (Å²) in [6.45, 7) is 0.295. The Morgan fingerprint density at radius 3 is 2.44 bits per heavy atom. The monoisotopic (exact) mass is 334 g/mol. The smallest absolute Gasteiger partial charge is 0.255 e. The quantitative estimate of drug-likeness (QED) is 0.737. The highest BCUT2D eigenvalue weighted by molar-refractivity contribution is 6.52. The number of Topliss-reactive ketones (excluding diaryl/α,β-unsaturated/α-hetero) is 2. The highest BCUT2D eigenvalue weighted by Crippen LogP contribution is 2.34. The third kappa shape index (κ3) is 2.57. The molecule has 3 aromatic rings. The number of ether oxygens (including phenoxy) is 1. The fraction of sp³-hybridized carbons (Fsp3) is 0.105. The lowest BCUT2D eigenvalue weighted by Crippen LogP contribution is -2.20. The maximum absolute atomic E-state index is 12.2. The zero-order chi connectivity index (χ0) is 17.4. The largest absolute Gasteiger partial charge is 0.497 e. The van der Waals surface area contributed by atoms with Crippen LogP contribution < -0.4 is 10.1 Å². The van der Waals surface area contributed by atoms with E-state index >= 15 is 0 Å². The summed E-state index contributed by atoms with van der Waals surface area (Å²) in [5.41, 5.74) is 1.89. The minimum absolute atomic E-state index is 0.0789. The van der Waals surface area contributed by atoms with E-state index in [-0.39, 0.29) is 5.69 Å². The van der Waals surface area contributed by atoms with Crippen molar-refractivity contribution in [3.05, 3.63) is 65.7 Å². The Hall–Kier alpha value is -3.41. The highest BCUT2D eigenvalue weighted by atomic mass is 16.5. The van der Waals surface area contributed by atoms with Gasteiger partial charge < -0.3 is 14.5 Å². The molecule has 0 amide bonds. The lowest BCUT2D eigenvalue weighted by molar-refractivity contribution is 0.0812. The van der Waals surface area contributed by atoms with Gasteiger partial charge in [0.2, 0.25) is 11.7 Å². The lowest BCUT2D eigenvalue weighted by atomic mass is 9.91. The SMILES string of the molecule is COc1ccc(NCc2nc3c(o2)-c2ccccc2C(=O)C3=O)cc1. The number of fused-ring (bicyclic) bond motifs is 3. The molecule has 124 valence electrons. The summed E-state index contributed by atoms with van der Waals surface area (Å²) in [5.74, 6) is 0.280. The molecule has 0 saturated heterocycles. The molecule has 2 aromatic carbocycles. The van der Waals surface area contributed by atoms with Gasteiger partial charge in [0, 0.05) is 16.8 Å². The van der Waals surface area contributed by atoms with Crippen LogP contribution in [0.4, 0.5) is 5.69 Å². The van der Waals surface area contributed by atoms with Gasteiger partial charge in [0.25, 0.3) is 5.78 Å². The van der Waals surface area contributed by atoms with Crippen LogP contribution in [0.15, 0.2) is 52.9 Å². The van der Waals surface area contributed by atoms with Gasteiger partial charge in [-0.15, -0.1) is 0 Å². The summed E-state index contributed by atoms with van der Waals surface area (Å²) in [5, 5.41) is 3.16. The molecule has 0 fully saturated rings. The molecule has 0 radical (unpaired) electrons. The van der Waals surface area contributed by atoms with E-state index in [1.807, 2.05) is 24.3 Å². The van der Waals surface area contributed by atoms with Gasteiger partial charge in [-0.1, -0.05) is 24.3 Å². The molecule has 0 aliphatic heterocycles. The second kappa shape index (κ2) is 5.90. The first kappa shape index (κ1) is 15.1. The average molecular weight is 334 g/mol. The molecule has 25 heavy (non-hydrogen) atoms. The van der Waals surface area contributed by atoms with Gasteiger partial charge in [-0.2, -0.15) is 0 Å². The first-order valence-electron chi connectivity index (χ1n) is 7.73. The summed E-state index contributed by atoms with van der Waals surface area (Å²) in [6, 6.07) is 14.3. The summed E-state index contributed by atoms with van der Waals surface area (Å²) < 4.78 is 10.9. The van der Waals surface area contributed by atoms with Crippen molar-refractivity contribution in [2.75, 3.05) is 12.4 Å². The first-order valence-corrected chi connectivity index (χ1v) is 7.73. The molecule has 0 bridgehead atoms. The number of hydrogen-bond donors (Lipinski definition) is 1. The van der Waals surface area contributed by atoms with E-state index in [4.69, 9.17) is 9.15 Å². The predicted molar refractivity (Wildman–Crippen MR) is 90.9 cm³/mol. The van der Waals surface area contributed by atoms with Gasteiger partial charge >= 0.3 is 0 Å². The summed E-state index contributed by atoms with van der Waals surface area (Å²) in [4.78, 5) is 28.6. The third-order valence-corrected chi connectivity index (χ3v) is 4.04. The number of carbonyl (C=O) groups excluding carboxylic acids is 2. The maximum Gasteiger partial charge on any atom is 0.255 e. The van der Waals surface area contributed by atoms with E-state index in [1.54, 1.807) is 31.4 Å². The Bertz CT molecular complexity index is 973. The number of carbonyl (C=O) groups is 2. The Balaban J connectivity index is 1.61. The zero-order valence-electron chi connectivity index (χ0n) is 13.4. The number of nitrogens with zero attached hydrogens (tertiary/aromatic N) is 1. The number of rotatable bonds is 4. The van der Waals surface area contributed by atoms with E-state index in [2.05, 4.69) is 10.3 Å². The number of aromatic nitrogens is 1. The van der Waals surface area contributed by atoms with Gasteiger partial charge in [0.15, 0.2) is 11.5 Å². The van der Waals surface area contributed by atoms with Crippen LogP contribution in [0, 0.1) is 0 Å². The van der Waals surface area contributed by atoms with Gasteiger partial charge in [0.05, 0.1) is 13.7 Å². The van der Waals surface area contributed by atoms with Crippen molar-refractivity contribution in [1.29, 1.82) is 0 Å². The molecule has 4 rings (SSSR count). The summed E-state index contributed by atoms with van der Waals surface area (Å²) >= 11 is 0. The topological polar surface area (TPSA) is 81.4 Å². The van der Waals surface area contributed by atoms with Gasteiger partial charge in [-0.3, -0.25) is 9.59 Å². The number of methoxy groups -OCH3 is 1. The van der Waals surface area contributed by atoms with Crippen molar-refractivity contribution in [1.82, 2.24) is 4.98 Å². The van der Waals surface area contributed by atoms with E-state index in [0.29, 0.717) is 29.3 Å². The molecule has 0 spiro atoms. The molecular weight excluding hydrogens is 320 g/mol. The molecule has 1 aliphatic rings. The number of benzene rings is 2. The fourth-order valence-corrected chi connectivity index (χ4v) is 2.77. The Labute approximate surface area is 143 Å². The molecule has 6 nitrogen and oxygen atoms in total. The van der Waals surface area contributed by atoms with Gasteiger partial charge in [-0.25, -0.2) is 4.98 Å². The molecule has 6 heteroatoms. The second-order valence-electron chi connectivity index (χ2n) is 5.57. The molecule has 1 aliphatic carbocycles. The van der Waals surface area contributed by atoms with Crippen molar-refractivity contribution in [2.24, 2.45) is 0 Å². The minimum Gasteiger partial charge on any atom is -0.497 e. The van der Waals surface area contributed by atoms with Crippen LogP contribution in [0.1, 0.15) is 26.7 Å². The van der Waals surface area contributed by atoms with Crippen molar-refractivity contribution in [3.63, 3.8) is 0 Å². The number of ketones is 2. The summed E-state index contributed by atoms with van der Waals surface area (Å²) in [6.07, 6.45) is 0. The fourth-order valence-electron chi connectivity index (χ4n) is 2.77. The molecule has 1 N–H and O–H groups in total. The van der Waals surface area contributed by atoms with Crippen molar-refractivity contribution in [3.8, 4) is 17.1 Å². The molecular formula is C19H14N2O4. The van der Waals surface area contributed by atoms with Crippen molar-refractivity contribution in [2.45, 2.75) is 6.54 Å². The summed E-state index contributed by atoms with van der Waals surface area (Å²) in [7, 11) is 1.61. The number of anilines is 1. The predicted octanol–water partition coefficient (Wildman–Crippen LogP) is 3.34. The van der Waals surface area contributed by atoms with Crippen molar-refractivity contribution < 1.29 is 18.7 Å². The third-order valence-electron chi connectivity index (χ3n) is 4.04. The lowest BCUT2D eigenvalue weighted by Gasteiger charge is -2.10. The Morgan fingerprint density at radius 1 is 1.00 bits per heavy atom. The molecule has 0 unspecified atom stereocenters. The van der Waals surface area contributed by atoms with Crippen LogP contribution >= 0.6 is 0 Å². The van der Waals surface area contributed by atoms with Gasteiger partial charge in [0.1, 0.15) is 5.75 Å². The molecule has 1 aromatic heterocycles. The molecule has 0 atom stereocenters. The van der Waals surface area contributed by atoms with Crippen LogP contribution in [-0.4, -0.2) is 23.7 Å². The van der Waals surface area contributed by atoms with Crippen LogP contribution in [0.5, 0.6) is 5.75 Å². The van der Waals surface area contributed by atoms with Crippen molar-refractivity contribution >= 4 is 17.3 Å². The first-order chi connectivity index (χ1) is 12.2. The zero-order valence-corrected chi connectivity index (χ0v) is 13.4. The average Bonchev–Trinajstić information content (AvgIpc) is 3.09. The van der Waals surface area contributed by atoms with Crippen LogP contribution in [0.25, 0.3) is 11.3 Å². The molecule has 0 saturated carbocycles. The van der Waals surface area contributed by atoms with Crippen LogP contribution in [0.2, 0.25) is 0 Å².